The third kappa shape index (κ3) is 5.12. The summed E-state index contributed by atoms with van der Waals surface area (Å²) in [5, 5.41) is 0.491. The lowest BCUT2D eigenvalue weighted by Crippen LogP contribution is -2.45. The number of ether oxygens (including phenoxy) is 1. The molecule has 0 radical (unpaired) electrons. The van der Waals surface area contributed by atoms with Crippen LogP contribution >= 0.6 is 23.2 Å². The van der Waals surface area contributed by atoms with E-state index in [0.717, 1.165) is 38.5 Å². The zero-order valence-corrected chi connectivity index (χ0v) is 23.9. The Morgan fingerprint density at radius 3 is 2.24 bits per heavy atom. The average molecular weight is 583 g/mol. The average Bonchev–Trinajstić information content (AvgIpc) is 3.77. The van der Waals surface area contributed by atoms with Crippen molar-refractivity contribution in [1.82, 2.24) is 0 Å². The van der Waals surface area contributed by atoms with Crippen molar-refractivity contribution < 1.29 is 22.3 Å². The fraction of sp³-hybridized carbons (Fsp3) is 0.552. The molecule has 0 spiro atoms. The quantitative estimate of drug-likeness (QED) is 0.343. The van der Waals surface area contributed by atoms with E-state index in [1.807, 2.05) is 6.92 Å². The van der Waals surface area contributed by atoms with Crippen LogP contribution < -0.4 is 4.90 Å². The van der Waals surface area contributed by atoms with Crippen LogP contribution in [0.1, 0.15) is 70.3 Å². The van der Waals surface area contributed by atoms with Gasteiger partial charge < -0.3 is 9.64 Å². The topological polar surface area (TPSA) is 63.7 Å². The summed E-state index contributed by atoms with van der Waals surface area (Å²) in [6, 6.07) is 8.65. The molecule has 2 saturated carbocycles. The molecule has 1 saturated heterocycles. The van der Waals surface area contributed by atoms with Gasteiger partial charge >= 0.3 is 0 Å². The number of benzene rings is 2. The minimum atomic E-state index is -3.96. The number of nitrogens with zero attached hydrogens (tertiary/aromatic N) is 1. The van der Waals surface area contributed by atoms with Crippen LogP contribution in [0.25, 0.3) is 0 Å². The van der Waals surface area contributed by atoms with Gasteiger partial charge in [0, 0.05) is 30.2 Å². The predicted octanol–water partition coefficient (Wildman–Crippen LogP) is 7.32. The molecule has 9 heteroatoms. The molecule has 1 amide bonds. The van der Waals surface area contributed by atoms with E-state index < -0.39 is 20.4 Å². The lowest BCUT2D eigenvalue weighted by molar-refractivity contribution is -0.120. The molecule has 38 heavy (non-hydrogen) atoms. The van der Waals surface area contributed by atoms with Gasteiger partial charge in [-0.2, -0.15) is 0 Å². The molecular formula is C29H34Cl2FNO4S. The highest BCUT2D eigenvalue weighted by atomic mass is 35.5. The highest BCUT2D eigenvalue weighted by Crippen LogP contribution is 2.47. The third-order valence-electron chi connectivity index (χ3n) is 8.63. The SMILES string of the molecule is CC(C1CCCCC1)N(C(=O)C1CC1)c1c(F)cc(C2(S(=O)(=O)c3ccc(Cl)cc3)CCOCC2)cc1Cl. The lowest BCUT2D eigenvalue weighted by atomic mass is 9.83. The van der Waals surface area contributed by atoms with Gasteiger partial charge in [0.05, 0.1) is 15.6 Å². The zero-order chi connectivity index (χ0) is 27.1. The van der Waals surface area contributed by atoms with E-state index in [-0.39, 0.29) is 71.0 Å². The third-order valence-corrected chi connectivity index (χ3v) is 11.7. The van der Waals surface area contributed by atoms with Gasteiger partial charge in [0.1, 0.15) is 10.6 Å². The van der Waals surface area contributed by atoms with Crippen molar-refractivity contribution in [2.75, 3.05) is 18.1 Å². The molecule has 0 N–H and O–H groups in total. The van der Waals surface area contributed by atoms with Crippen molar-refractivity contribution >= 4 is 44.6 Å². The molecule has 2 aromatic rings. The molecule has 5 rings (SSSR count). The first kappa shape index (κ1) is 27.9. The molecule has 0 bridgehead atoms. The van der Waals surface area contributed by atoms with Crippen LogP contribution in [0.3, 0.4) is 0 Å². The smallest absolute Gasteiger partial charge is 0.230 e. The van der Waals surface area contributed by atoms with Crippen molar-refractivity contribution in [2.45, 2.75) is 80.4 Å². The Bertz CT molecular complexity index is 1260. The van der Waals surface area contributed by atoms with E-state index in [1.165, 1.54) is 36.8 Å². The maximum absolute atomic E-state index is 16.2. The maximum Gasteiger partial charge on any atom is 0.230 e. The first-order valence-electron chi connectivity index (χ1n) is 13.6. The number of sulfone groups is 1. The van der Waals surface area contributed by atoms with Crippen molar-refractivity contribution in [3.8, 4) is 0 Å². The zero-order valence-electron chi connectivity index (χ0n) is 21.6. The van der Waals surface area contributed by atoms with Gasteiger partial charge in [-0.1, -0.05) is 42.5 Å². The fourth-order valence-electron chi connectivity index (χ4n) is 6.18. The number of halogens is 3. The molecule has 1 aliphatic heterocycles. The Morgan fingerprint density at radius 2 is 1.66 bits per heavy atom. The molecule has 2 aromatic carbocycles. The Labute approximate surface area is 234 Å². The second-order valence-corrected chi connectivity index (χ2v) is 14.1. The van der Waals surface area contributed by atoms with Gasteiger partial charge in [-0.05, 0) is 93.3 Å². The van der Waals surface area contributed by atoms with Crippen LogP contribution in [0, 0.1) is 17.7 Å². The van der Waals surface area contributed by atoms with Gasteiger partial charge in [-0.15, -0.1) is 0 Å². The highest BCUT2D eigenvalue weighted by molar-refractivity contribution is 7.92. The molecule has 1 atom stereocenters. The largest absolute Gasteiger partial charge is 0.381 e. The van der Waals surface area contributed by atoms with Gasteiger partial charge in [0.15, 0.2) is 9.84 Å². The Balaban J connectivity index is 1.59. The monoisotopic (exact) mass is 581 g/mol. The van der Waals surface area contributed by atoms with E-state index in [0.29, 0.717) is 5.02 Å². The Morgan fingerprint density at radius 1 is 1.03 bits per heavy atom. The van der Waals surface area contributed by atoms with Gasteiger partial charge in [-0.3, -0.25) is 4.79 Å². The van der Waals surface area contributed by atoms with Crippen molar-refractivity contribution in [3.63, 3.8) is 0 Å². The normalized spacial score (nSPS) is 21.2. The van der Waals surface area contributed by atoms with Crippen LogP contribution in [0.2, 0.25) is 10.0 Å². The first-order chi connectivity index (χ1) is 18.2. The Kier molecular flexibility index (Phi) is 8.12. The standard InChI is InChI=1S/C29H34Cl2FNO4S/c1-19(20-5-3-2-4-6-20)33(28(34)21-7-8-21)27-25(31)17-22(18-26(27)32)29(13-15-37-16-14-29)38(35,36)24-11-9-23(30)10-12-24/h9-12,17-21H,2-8,13-16H2,1H3. The summed E-state index contributed by atoms with van der Waals surface area (Å²) in [6.45, 7) is 2.43. The van der Waals surface area contributed by atoms with Crippen molar-refractivity contribution in [3.05, 3.63) is 57.8 Å². The summed E-state index contributed by atoms with van der Waals surface area (Å²) in [4.78, 5) is 15.2. The highest BCUT2D eigenvalue weighted by Gasteiger charge is 2.48. The molecule has 1 unspecified atom stereocenters. The lowest BCUT2D eigenvalue weighted by Gasteiger charge is -2.39. The predicted molar refractivity (Wildman–Crippen MR) is 148 cm³/mol. The summed E-state index contributed by atoms with van der Waals surface area (Å²) in [5.41, 5.74) is 0.350. The van der Waals surface area contributed by atoms with Gasteiger partial charge in [-0.25, -0.2) is 12.8 Å². The molecule has 2 aliphatic carbocycles. The van der Waals surface area contributed by atoms with Crippen molar-refractivity contribution in [2.24, 2.45) is 11.8 Å². The maximum atomic E-state index is 16.2. The number of hydrogen-bond acceptors (Lipinski definition) is 4. The van der Waals surface area contributed by atoms with Crippen LogP contribution in [0.4, 0.5) is 10.1 Å². The van der Waals surface area contributed by atoms with Crippen LogP contribution in [0.5, 0.6) is 0 Å². The summed E-state index contributed by atoms with van der Waals surface area (Å²) in [7, 11) is -3.96. The van der Waals surface area contributed by atoms with E-state index >= 15 is 4.39 Å². The molecule has 1 heterocycles. The van der Waals surface area contributed by atoms with Crippen LogP contribution in [-0.2, 0) is 24.1 Å². The molecule has 3 aliphatic rings. The van der Waals surface area contributed by atoms with E-state index in [9.17, 15) is 13.2 Å². The summed E-state index contributed by atoms with van der Waals surface area (Å²) < 4.78 is 48.4. The molecule has 0 aromatic heterocycles. The Hall–Kier alpha value is -1.67. The van der Waals surface area contributed by atoms with E-state index in [4.69, 9.17) is 27.9 Å². The number of rotatable bonds is 7. The number of carbonyl (C=O) groups is 1. The second-order valence-electron chi connectivity index (χ2n) is 11.0. The number of amides is 1. The van der Waals surface area contributed by atoms with E-state index in [2.05, 4.69) is 0 Å². The number of carbonyl (C=O) groups excluding carboxylic acids is 1. The minimum absolute atomic E-state index is 0.0637. The van der Waals surface area contributed by atoms with Crippen LogP contribution in [-0.4, -0.2) is 33.6 Å². The van der Waals surface area contributed by atoms with Gasteiger partial charge in [0.2, 0.25) is 5.91 Å². The fourth-order valence-corrected chi connectivity index (χ4v) is 8.68. The summed E-state index contributed by atoms with van der Waals surface area (Å²) in [6.07, 6.45) is 7.29. The van der Waals surface area contributed by atoms with Crippen molar-refractivity contribution in [1.29, 1.82) is 0 Å². The van der Waals surface area contributed by atoms with E-state index in [1.54, 1.807) is 11.0 Å². The molecule has 3 fully saturated rings. The molecule has 206 valence electrons. The van der Waals surface area contributed by atoms with Crippen LogP contribution in [0.15, 0.2) is 41.3 Å². The van der Waals surface area contributed by atoms with Gasteiger partial charge in [0.25, 0.3) is 0 Å². The summed E-state index contributed by atoms with van der Waals surface area (Å²) in [5.74, 6) is -0.593. The number of hydrogen-bond donors (Lipinski definition) is 0. The first-order valence-corrected chi connectivity index (χ1v) is 15.8. The minimum Gasteiger partial charge on any atom is -0.381 e. The second kappa shape index (κ2) is 11.1. The molecular weight excluding hydrogens is 548 g/mol. The summed E-state index contributed by atoms with van der Waals surface area (Å²) >= 11 is 12.8. The molecule has 5 nitrogen and oxygen atoms in total. The number of anilines is 1.